The molecule has 0 aliphatic rings. The zero-order valence-corrected chi connectivity index (χ0v) is 16.0. The number of fused-ring (bicyclic) bond motifs is 3. The van der Waals surface area contributed by atoms with E-state index in [0.717, 1.165) is 21.4 Å². The van der Waals surface area contributed by atoms with Gasteiger partial charge in [0.2, 0.25) is 5.78 Å². The number of nitrogens with zero attached hydrogens (tertiary/aromatic N) is 3. The van der Waals surface area contributed by atoms with Gasteiger partial charge < -0.3 is 5.32 Å². The summed E-state index contributed by atoms with van der Waals surface area (Å²) in [6.45, 7) is 1.58. The average molecular weight is 453 g/mol. The third-order valence-corrected chi connectivity index (χ3v) is 4.95. The molecule has 0 saturated carbocycles. The highest BCUT2D eigenvalue weighted by Gasteiger charge is 2.35. The lowest BCUT2D eigenvalue weighted by Gasteiger charge is -2.19. The minimum Gasteiger partial charge on any atom is -0.363 e. The minimum absolute atomic E-state index is 0.0945. The van der Waals surface area contributed by atoms with E-state index in [1.807, 2.05) is 18.2 Å². The van der Waals surface area contributed by atoms with Crippen molar-refractivity contribution in [1.29, 1.82) is 0 Å². The third-order valence-electron chi connectivity index (χ3n) is 4.46. The Bertz CT molecular complexity index is 1190. The van der Waals surface area contributed by atoms with Crippen LogP contribution in [0, 0.1) is 5.82 Å². The Morgan fingerprint density at radius 2 is 1.96 bits per heavy atom. The molecule has 144 valence electrons. The molecule has 28 heavy (non-hydrogen) atoms. The molecule has 2 aromatic carbocycles. The first-order valence-corrected chi connectivity index (χ1v) is 9.09. The van der Waals surface area contributed by atoms with Gasteiger partial charge in [-0.1, -0.05) is 28.1 Å². The number of nitrogens with one attached hydrogen (secondary N) is 1. The smallest absolute Gasteiger partial charge is 0.363 e. The van der Waals surface area contributed by atoms with Crippen LogP contribution in [0.5, 0.6) is 0 Å². The van der Waals surface area contributed by atoms with Crippen LogP contribution in [-0.2, 0) is 6.18 Å². The first-order valence-electron chi connectivity index (χ1n) is 8.30. The fraction of sp³-hybridized carbons (Fsp3) is 0.158. The van der Waals surface area contributed by atoms with Crippen LogP contribution >= 0.6 is 15.9 Å². The summed E-state index contributed by atoms with van der Waals surface area (Å²) in [5.41, 5.74) is -0.573. The van der Waals surface area contributed by atoms with Gasteiger partial charge in [0.05, 0.1) is 17.1 Å². The molecule has 4 rings (SSSR count). The maximum absolute atomic E-state index is 14.5. The molecule has 2 heterocycles. The summed E-state index contributed by atoms with van der Waals surface area (Å²) in [6, 6.07) is 8.06. The van der Waals surface area contributed by atoms with Crippen LogP contribution in [0.1, 0.15) is 24.1 Å². The molecule has 1 N–H and O–H groups in total. The largest absolute Gasteiger partial charge is 0.419 e. The number of alkyl halides is 3. The van der Waals surface area contributed by atoms with Gasteiger partial charge in [0, 0.05) is 27.8 Å². The molecule has 0 spiro atoms. The number of aromatic nitrogens is 3. The summed E-state index contributed by atoms with van der Waals surface area (Å²) >= 11 is 3.41. The Kier molecular flexibility index (Phi) is 4.49. The highest BCUT2D eigenvalue weighted by molar-refractivity contribution is 9.10. The molecule has 0 aliphatic heterocycles. The van der Waals surface area contributed by atoms with E-state index >= 15 is 0 Å². The molecular weight excluding hydrogens is 440 g/mol. The quantitative estimate of drug-likeness (QED) is 0.389. The van der Waals surface area contributed by atoms with Crippen LogP contribution < -0.4 is 5.32 Å². The van der Waals surface area contributed by atoms with Crippen LogP contribution in [0.4, 0.5) is 23.4 Å². The fourth-order valence-electron chi connectivity index (χ4n) is 3.13. The number of anilines is 1. The van der Waals surface area contributed by atoms with Crippen molar-refractivity contribution in [3.05, 3.63) is 70.2 Å². The van der Waals surface area contributed by atoms with Crippen LogP contribution in [0.25, 0.3) is 16.7 Å². The average Bonchev–Trinajstić information content (AvgIpc) is 3.09. The highest BCUT2D eigenvalue weighted by Crippen LogP contribution is 2.35. The lowest BCUT2D eigenvalue weighted by Crippen LogP contribution is -2.15. The molecule has 0 bridgehead atoms. The standard InChI is InChI=1S/C19H13BrF4N4/c1-10(12-3-2-4-14(16(12)21)19(22,23)24)26-17-13-9-11(20)5-6-15(13)28-8-7-25-18(28)27-17/h2-10H,1H3,(H,25,26,27)/t10-/m1/s1. The molecule has 0 radical (unpaired) electrons. The maximum atomic E-state index is 14.5. The van der Waals surface area contributed by atoms with Gasteiger partial charge in [-0.25, -0.2) is 9.37 Å². The van der Waals surface area contributed by atoms with Crippen LogP contribution in [-0.4, -0.2) is 14.4 Å². The Labute approximate surface area is 165 Å². The van der Waals surface area contributed by atoms with Crippen molar-refractivity contribution in [2.75, 3.05) is 5.32 Å². The maximum Gasteiger partial charge on any atom is 0.419 e. The van der Waals surface area contributed by atoms with E-state index in [9.17, 15) is 17.6 Å². The van der Waals surface area contributed by atoms with E-state index in [-0.39, 0.29) is 5.56 Å². The normalized spacial score (nSPS) is 13.2. The summed E-state index contributed by atoms with van der Waals surface area (Å²) in [6.07, 6.45) is -1.40. The summed E-state index contributed by atoms with van der Waals surface area (Å²) in [5, 5.41) is 3.76. The second-order valence-corrected chi connectivity index (χ2v) is 7.21. The van der Waals surface area contributed by atoms with E-state index in [4.69, 9.17) is 0 Å². The Balaban J connectivity index is 1.81. The number of hydrogen-bond acceptors (Lipinski definition) is 3. The van der Waals surface area contributed by atoms with E-state index < -0.39 is 23.6 Å². The van der Waals surface area contributed by atoms with Gasteiger partial charge in [-0.3, -0.25) is 4.40 Å². The molecule has 0 unspecified atom stereocenters. The first kappa shape index (κ1) is 18.7. The van der Waals surface area contributed by atoms with Gasteiger partial charge in [-0.05, 0) is 31.2 Å². The number of halogens is 5. The second-order valence-electron chi connectivity index (χ2n) is 6.29. The molecule has 9 heteroatoms. The van der Waals surface area contributed by atoms with Crippen molar-refractivity contribution >= 4 is 38.4 Å². The fourth-order valence-corrected chi connectivity index (χ4v) is 3.49. The number of rotatable bonds is 3. The summed E-state index contributed by atoms with van der Waals surface area (Å²) < 4.78 is 56.2. The molecule has 4 aromatic rings. The lowest BCUT2D eigenvalue weighted by atomic mass is 10.0. The molecule has 1 atom stereocenters. The van der Waals surface area contributed by atoms with E-state index in [2.05, 4.69) is 31.2 Å². The van der Waals surface area contributed by atoms with Crippen LogP contribution in [0.3, 0.4) is 0 Å². The molecule has 0 aliphatic carbocycles. The van der Waals surface area contributed by atoms with Gasteiger partial charge in [-0.2, -0.15) is 18.2 Å². The van der Waals surface area contributed by atoms with Gasteiger partial charge >= 0.3 is 6.18 Å². The molecule has 4 nitrogen and oxygen atoms in total. The minimum atomic E-state index is -4.76. The predicted octanol–water partition coefficient (Wildman–Crippen LogP) is 5.98. The van der Waals surface area contributed by atoms with E-state index in [1.54, 1.807) is 23.7 Å². The Hall–Kier alpha value is -2.68. The number of benzene rings is 2. The molecule has 0 amide bonds. The topological polar surface area (TPSA) is 42.2 Å². The zero-order chi connectivity index (χ0) is 20.1. The molecule has 0 fully saturated rings. The predicted molar refractivity (Wildman–Crippen MR) is 102 cm³/mol. The van der Waals surface area contributed by atoms with Crippen molar-refractivity contribution in [2.45, 2.75) is 19.1 Å². The van der Waals surface area contributed by atoms with Gasteiger partial charge in [0.15, 0.2) is 0 Å². The van der Waals surface area contributed by atoms with Crippen molar-refractivity contribution in [3.63, 3.8) is 0 Å². The van der Waals surface area contributed by atoms with E-state index in [0.29, 0.717) is 11.6 Å². The highest BCUT2D eigenvalue weighted by atomic mass is 79.9. The van der Waals surface area contributed by atoms with Crippen LogP contribution in [0.2, 0.25) is 0 Å². The summed E-state index contributed by atoms with van der Waals surface area (Å²) in [5.74, 6) is -0.462. The van der Waals surface area contributed by atoms with Gasteiger partial charge in [0.25, 0.3) is 0 Å². The third kappa shape index (κ3) is 3.19. The Morgan fingerprint density at radius 3 is 2.71 bits per heavy atom. The van der Waals surface area contributed by atoms with Crippen molar-refractivity contribution < 1.29 is 17.6 Å². The summed E-state index contributed by atoms with van der Waals surface area (Å²) in [7, 11) is 0. The zero-order valence-electron chi connectivity index (χ0n) is 14.4. The SMILES string of the molecule is C[C@@H](Nc1nc2nccn2c2ccc(Br)cc12)c1cccc(C(F)(F)F)c1F. The van der Waals surface area contributed by atoms with Crippen molar-refractivity contribution in [2.24, 2.45) is 0 Å². The molecular formula is C19H13BrF4N4. The lowest BCUT2D eigenvalue weighted by molar-refractivity contribution is -0.140. The van der Waals surface area contributed by atoms with Gasteiger partial charge in [-0.15, -0.1) is 0 Å². The van der Waals surface area contributed by atoms with Gasteiger partial charge in [0.1, 0.15) is 11.6 Å². The first-order chi connectivity index (χ1) is 13.3. The summed E-state index contributed by atoms with van der Waals surface area (Å²) in [4.78, 5) is 8.62. The number of imidazole rings is 1. The van der Waals surface area contributed by atoms with Crippen molar-refractivity contribution in [1.82, 2.24) is 14.4 Å². The van der Waals surface area contributed by atoms with E-state index in [1.165, 1.54) is 12.1 Å². The Morgan fingerprint density at radius 1 is 1.18 bits per heavy atom. The molecule has 0 saturated heterocycles. The second kappa shape index (κ2) is 6.73. The molecule has 2 aromatic heterocycles. The monoisotopic (exact) mass is 452 g/mol. The van der Waals surface area contributed by atoms with Crippen molar-refractivity contribution in [3.8, 4) is 0 Å². The number of hydrogen-bond donors (Lipinski definition) is 1. The van der Waals surface area contributed by atoms with Crippen LogP contribution in [0.15, 0.2) is 53.3 Å².